The van der Waals surface area contributed by atoms with E-state index in [1.165, 1.54) is 12.1 Å². The van der Waals surface area contributed by atoms with Crippen LogP contribution in [0.25, 0.3) is 0 Å². The minimum absolute atomic E-state index is 0.0128. The molecule has 0 fully saturated rings. The van der Waals surface area contributed by atoms with Crippen LogP contribution in [0.1, 0.15) is 12.5 Å². The van der Waals surface area contributed by atoms with E-state index in [0.717, 1.165) is 5.56 Å². The molecule has 7 heteroatoms. The number of anilines is 1. The van der Waals surface area contributed by atoms with Crippen molar-refractivity contribution in [3.63, 3.8) is 0 Å². The molecular weight excluding hydrogens is 320 g/mol. The summed E-state index contributed by atoms with van der Waals surface area (Å²) in [4.78, 5) is 24.3. The van der Waals surface area contributed by atoms with Crippen LogP contribution in [-0.2, 0) is 11.3 Å². The van der Waals surface area contributed by atoms with Gasteiger partial charge in [-0.05, 0) is 30.7 Å². The van der Waals surface area contributed by atoms with Crippen LogP contribution in [-0.4, -0.2) is 16.9 Å². The van der Waals surface area contributed by atoms with Gasteiger partial charge in [-0.1, -0.05) is 23.7 Å². The second-order valence-electron chi connectivity index (χ2n) is 5.22. The van der Waals surface area contributed by atoms with Gasteiger partial charge < -0.3 is 9.64 Å². The molecule has 0 aliphatic carbocycles. The van der Waals surface area contributed by atoms with E-state index in [4.69, 9.17) is 16.3 Å². The molecule has 23 heavy (non-hydrogen) atoms. The summed E-state index contributed by atoms with van der Waals surface area (Å²) in [7, 11) is 0. The summed E-state index contributed by atoms with van der Waals surface area (Å²) in [5.74, 6) is 0.404. The summed E-state index contributed by atoms with van der Waals surface area (Å²) in [6.07, 6.45) is -0.596. The van der Waals surface area contributed by atoms with Gasteiger partial charge in [-0.25, -0.2) is 0 Å². The van der Waals surface area contributed by atoms with Crippen LogP contribution in [0.5, 0.6) is 5.75 Å². The molecule has 1 heterocycles. The molecule has 0 N–H and O–H groups in total. The van der Waals surface area contributed by atoms with Gasteiger partial charge in [-0.2, -0.15) is 0 Å². The molecule has 1 aliphatic rings. The van der Waals surface area contributed by atoms with Crippen molar-refractivity contribution < 1.29 is 14.5 Å². The number of benzene rings is 2. The third-order valence-electron chi connectivity index (χ3n) is 3.62. The van der Waals surface area contributed by atoms with Crippen LogP contribution < -0.4 is 9.64 Å². The quantitative estimate of drug-likeness (QED) is 0.636. The summed E-state index contributed by atoms with van der Waals surface area (Å²) >= 11 is 6.02. The molecule has 1 unspecified atom stereocenters. The smallest absolute Gasteiger partial charge is 0.269 e. The molecule has 0 radical (unpaired) electrons. The number of halogens is 1. The number of ether oxygens (including phenoxy) is 1. The number of nitro benzene ring substituents is 1. The van der Waals surface area contributed by atoms with Gasteiger partial charge in [-0.3, -0.25) is 14.9 Å². The van der Waals surface area contributed by atoms with Gasteiger partial charge in [0.25, 0.3) is 11.6 Å². The number of nitro groups is 1. The molecule has 2 aromatic rings. The standard InChI is InChI=1S/C16H13ClN2O4/c1-10-16(20)18(14-8-12(17)4-7-15(14)23-10)9-11-2-5-13(6-3-11)19(21)22/h2-8,10H,9H2,1H3. The Balaban J connectivity index is 1.93. The summed E-state index contributed by atoms with van der Waals surface area (Å²) in [6, 6.07) is 11.2. The van der Waals surface area contributed by atoms with E-state index in [9.17, 15) is 14.9 Å². The lowest BCUT2D eigenvalue weighted by atomic mass is 10.1. The first kappa shape index (κ1) is 15.3. The lowest BCUT2D eigenvalue weighted by Crippen LogP contribution is -2.43. The van der Waals surface area contributed by atoms with Gasteiger partial charge in [0.15, 0.2) is 6.10 Å². The maximum Gasteiger partial charge on any atom is 0.269 e. The normalized spacial score (nSPS) is 16.7. The van der Waals surface area contributed by atoms with Crippen molar-refractivity contribution in [2.45, 2.75) is 19.6 Å². The number of amides is 1. The van der Waals surface area contributed by atoms with Crippen molar-refractivity contribution in [2.24, 2.45) is 0 Å². The number of hydrogen-bond donors (Lipinski definition) is 0. The third kappa shape index (κ3) is 2.98. The van der Waals surface area contributed by atoms with Crippen molar-refractivity contribution >= 4 is 28.9 Å². The van der Waals surface area contributed by atoms with Gasteiger partial charge in [0.05, 0.1) is 17.2 Å². The minimum atomic E-state index is -0.596. The van der Waals surface area contributed by atoms with Gasteiger partial charge in [0.1, 0.15) is 5.75 Å². The molecule has 0 saturated carbocycles. The van der Waals surface area contributed by atoms with Gasteiger partial charge in [0, 0.05) is 17.2 Å². The average Bonchev–Trinajstić information content (AvgIpc) is 2.53. The lowest BCUT2D eigenvalue weighted by Gasteiger charge is -2.33. The second-order valence-corrected chi connectivity index (χ2v) is 5.66. The Bertz CT molecular complexity index is 776. The maximum absolute atomic E-state index is 12.4. The average molecular weight is 333 g/mol. The Morgan fingerprint density at radius 2 is 1.96 bits per heavy atom. The number of carbonyl (C=O) groups excluding carboxylic acids is 1. The van der Waals surface area contributed by atoms with Crippen LogP contribution in [0.4, 0.5) is 11.4 Å². The topological polar surface area (TPSA) is 72.7 Å². The van der Waals surface area contributed by atoms with E-state index in [0.29, 0.717) is 16.5 Å². The Morgan fingerprint density at radius 1 is 1.26 bits per heavy atom. The zero-order valence-corrected chi connectivity index (χ0v) is 13.0. The van der Waals surface area contributed by atoms with Crippen molar-refractivity contribution in [1.82, 2.24) is 0 Å². The minimum Gasteiger partial charge on any atom is -0.479 e. The van der Waals surface area contributed by atoms with Crippen LogP contribution in [0.15, 0.2) is 42.5 Å². The molecule has 3 rings (SSSR count). The van der Waals surface area contributed by atoms with E-state index in [1.54, 1.807) is 42.2 Å². The van der Waals surface area contributed by atoms with E-state index in [2.05, 4.69) is 0 Å². The second kappa shape index (κ2) is 5.89. The van der Waals surface area contributed by atoms with Crippen LogP contribution in [0.2, 0.25) is 5.02 Å². The number of hydrogen-bond acceptors (Lipinski definition) is 4. The highest BCUT2D eigenvalue weighted by Gasteiger charge is 2.31. The molecule has 1 atom stereocenters. The zero-order chi connectivity index (χ0) is 16.6. The number of carbonyl (C=O) groups is 1. The maximum atomic E-state index is 12.4. The first-order valence-corrected chi connectivity index (χ1v) is 7.34. The van der Waals surface area contributed by atoms with E-state index in [1.807, 2.05) is 0 Å². The number of nitrogens with zero attached hydrogens (tertiary/aromatic N) is 2. The summed E-state index contributed by atoms with van der Waals surface area (Å²) in [5, 5.41) is 11.2. The van der Waals surface area contributed by atoms with Crippen LogP contribution in [0, 0.1) is 10.1 Å². The Labute approximate surface area is 137 Å². The highest BCUT2D eigenvalue weighted by molar-refractivity contribution is 6.31. The van der Waals surface area contributed by atoms with Crippen molar-refractivity contribution in [3.05, 3.63) is 63.2 Å². The van der Waals surface area contributed by atoms with Gasteiger partial charge in [0.2, 0.25) is 0 Å². The fourth-order valence-electron chi connectivity index (χ4n) is 2.45. The van der Waals surface area contributed by atoms with Crippen molar-refractivity contribution in [3.8, 4) is 5.75 Å². The molecule has 0 aromatic heterocycles. The first-order valence-electron chi connectivity index (χ1n) is 6.96. The monoisotopic (exact) mass is 332 g/mol. The summed E-state index contributed by atoms with van der Waals surface area (Å²) in [6.45, 7) is 1.97. The summed E-state index contributed by atoms with van der Waals surface area (Å²) in [5.41, 5.74) is 1.39. The lowest BCUT2D eigenvalue weighted by molar-refractivity contribution is -0.384. The molecule has 2 aromatic carbocycles. The van der Waals surface area contributed by atoms with Crippen LogP contribution >= 0.6 is 11.6 Å². The molecular formula is C16H13ClN2O4. The Hall–Kier alpha value is -2.60. The molecule has 6 nitrogen and oxygen atoms in total. The fourth-order valence-corrected chi connectivity index (χ4v) is 2.62. The fraction of sp³-hybridized carbons (Fsp3) is 0.188. The highest BCUT2D eigenvalue weighted by atomic mass is 35.5. The first-order chi connectivity index (χ1) is 11.0. The third-order valence-corrected chi connectivity index (χ3v) is 3.85. The molecule has 1 aliphatic heterocycles. The highest BCUT2D eigenvalue weighted by Crippen LogP contribution is 2.37. The van der Waals surface area contributed by atoms with E-state index in [-0.39, 0.29) is 18.1 Å². The predicted octanol–water partition coefficient (Wildman–Crippen LogP) is 3.56. The number of non-ortho nitro benzene ring substituents is 1. The van der Waals surface area contributed by atoms with E-state index >= 15 is 0 Å². The SMILES string of the molecule is CC1Oc2ccc(Cl)cc2N(Cc2ccc([N+](=O)[O-])cc2)C1=O. The number of rotatable bonds is 3. The molecule has 118 valence electrons. The van der Waals surface area contributed by atoms with Crippen molar-refractivity contribution in [1.29, 1.82) is 0 Å². The molecule has 1 amide bonds. The van der Waals surface area contributed by atoms with Crippen LogP contribution in [0.3, 0.4) is 0 Å². The molecule has 0 bridgehead atoms. The Morgan fingerprint density at radius 3 is 2.61 bits per heavy atom. The number of fused-ring (bicyclic) bond motifs is 1. The summed E-state index contributed by atoms with van der Waals surface area (Å²) < 4.78 is 5.58. The molecule has 0 saturated heterocycles. The zero-order valence-electron chi connectivity index (χ0n) is 12.2. The molecule has 0 spiro atoms. The van der Waals surface area contributed by atoms with Crippen molar-refractivity contribution in [2.75, 3.05) is 4.90 Å². The van der Waals surface area contributed by atoms with E-state index < -0.39 is 11.0 Å². The van der Waals surface area contributed by atoms with Gasteiger partial charge in [-0.15, -0.1) is 0 Å². The van der Waals surface area contributed by atoms with Gasteiger partial charge >= 0.3 is 0 Å². The Kier molecular flexibility index (Phi) is 3.92. The largest absolute Gasteiger partial charge is 0.479 e. The predicted molar refractivity (Wildman–Crippen MR) is 85.8 cm³/mol.